The van der Waals surface area contributed by atoms with E-state index < -0.39 is 10.0 Å². The molecule has 2 rings (SSSR count). The first kappa shape index (κ1) is 15.9. The van der Waals surface area contributed by atoms with Crippen LogP contribution in [0.25, 0.3) is 0 Å². The van der Waals surface area contributed by atoms with Gasteiger partial charge in [-0.05, 0) is 32.9 Å². The predicted octanol–water partition coefficient (Wildman–Crippen LogP) is 2.37. The molecule has 1 heterocycles. The molecule has 0 radical (unpaired) electrons. The van der Waals surface area contributed by atoms with Crippen LogP contribution in [0.2, 0.25) is 0 Å². The van der Waals surface area contributed by atoms with Gasteiger partial charge in [0.25, 0.3) is 0 Å². The van der Waals surface area contributed by atoms with Crippen LogP contribution >= 0.6 is 11.8 Å². The van der Waals surface area contributed by atoms with E-state index in [1.807, 2.05) is 0 Å². The molecule has 1 aromatic heterocycles. The minimum atomic E-state index is -3.48. The van der Waals surface area contributed by atoms with Gasteiger partial charge in [-0.3, -0.25) is 5.10 Å². The maximum Gasteiger partial charge on any atom is 0.244 e. The molecular weight excluding hydrogens is 294 g/mol. The average molecular weight is 317 g/mol. The lowest BCUT2D eigenvalue weighted by Crippen LogP contribution is -2.41. The largest absolute Gasteiger partial charge is 0.281 e. The molecule has 2 N–H and O–H groups in total. The van der Waals surface area contributed by atoms with Crippen molar-refractivity contribution in [3.05, 3.63) is 11.4 Å². The maximum absolute atomic E-state index is 12.5. The highest BCUT2D eigenvalue weighted by Crippen LogP contribution is 2.38. The molecule has 0 bridgehead atoms. The zero-order valence-corrected chi connectivity index (χ0v) is 14.0. The summed E-state index contributed by atoms with van der Waals surface area (Å²) in [5.41, 5.74) is 1.12. The molecule has 0 atom stereocenters. The summed E-state index contributed by atoms with van der Waals surface area (Å²) in [6.07, 6.45) is 7.88. The summed E-state index contributed by atoms with van der Waals surface area (Å²) < 4.78 is 27.8. The lowest BCUT2D eigenvalue weighted by Gasteiger charge is -2.35. The molecule has 1 fully saturated rings. The molecule has 1 saturated carbocycles. The standard InChI is InChI=1S/C13H23N3O2S2/c1-10-12(11(2)16-15-10)20(17,18)14-9-13(19-3)7-5-4-6-8-13/h14H,4-9H2,1-3H3,(H,15,16). The van der Waals surface area contributed by atoms with E-state index >= 15 is 0 Å². The zero-order valence-electron chi connectivity index (χ0n) is 12.3. The number of hydrogen-bond acceptors (Lipinski definition) is 4. The van der Waals surface area contributed by atoms with E-state index in [1.165, 1.54) is 19.3 Å². The Hall–Kier alpha value is -0.530. The summed E-state index contributed by atoms with van der Waals surface area (Å²) >= 11 is 1.79. The summed E-state index contributed by atoms with van der Waals surface area (Å²) in [4.78, 5) is 0.296. The van der Waals surface area contributed by atoms with E-state index in [0.29, 0.717) is 22.8 Å². The molecule has 0 amide bonds. The molecule has 0 aliphatic heterocycles. The highest BCUT2D eigenvalue weighted by Gasteiger charge is 2.33. The van der Waals surface area contributed by atoms with Gasteiger partial charge in [-0.15, -0.1) is 0 Å². The van der Waals surface area contributed by atoms with Crippen molar-refractivity contribution in [1.29, 1.82) is 0 Å². The third-order valence-electron chi connectivity index (χ3n) is 4.11. The van der Waals surface area contributed by atoms with Gasteiger partial charge >= 0.3 is 0 Å². The minimum absolute atomic E-state index is 0.0524. The Bertz CT molecular complexity index is 541. The van der Waals surface area contributed by atoms with Crippen LogP contribution in [-0.2, 0) is 10.0 Å². The van der Waals surface area contributed by atoms with Gasteiger partial charge in [-0.1, -0.05) is 19.3 Å². The van der Waals surface area contributed by atoms with Gasteiger partial charge in [0.1, 0.15) is 4.90 Å². The monoisotopic (exact) mass is 317 g/mol. The van der Waals surface area contributed by atoms with E-state index in [1.54, 1.807) is 25.6 Å². The van der Waals surface area contributed by atoms with Crippen LogP contribution in [-0.4, -0.2) is 36.2 Å². The Morgan fingerprint density at radius 3 is 2.45 bits per heavy atom. The number of rotatable bonds is 5. The molecular formula is C13H23N3O2S2. The SMILES string of the molecule is CSC1(CNS(=O)(=O)c2c(C)n[nH]c2C)CCCCC1. The van der Waals surface area contributed by atoms with Gasteiger partial charge in [-0.2, -0.15) is 16.9 Å². The highest BCUT2D eigenvalue weighted by molar-refractivity contribution is 8.00. The normalized spacial score (nSPS) is 19.1. The zero-order chi connectivity index (χ0) is 14.8. The molecule has 0 unspecified atom stereocenters. The summed E-state index contributed by atoms with van der Waals surface area (Å²) in [5.74, 6) is 0. The van der Waals surface area contributed by atoms with Gasteiger partial charge in [0.15, 0.2) is 0 Å². The Kier molecular flexibility index (Phi) is 4.81. The lowest BCUT2D eigenvalue weighted by molar-refractivity contribution is 0.395. The Morgan fingerprint density at radius 1 is 1.30 bits per heavy atom. The number of aryl methyl sites for hydroxylation is 2. The van der Waals surface area contributed by atoms with Crippen LogP contribution in [0.3, 0.4) is 0 Å². The lowest BCUT2D eigenvalue weighted by atomic mass is 9.88. The van der Waals surface area contributed by atoms with Crippen molar-refractivity contribution in [3.8, 4) is 0 Å². The van der Waals surface area contributed by atoms with Crippen LogP contribution in [0.1, 0.15) is 43.5 Å². The first-order chi connectivity index (χ1) is 9.40. The average Bonchev–Trinajstić information content (AvgIpc) is 2.78. The van der Waals surface area contributed by atoms with Crippen molar-refractivity contribution in [2.45, 2.75) is 55.6 Å². The predicted molar refractivity (Wildman–Crippen MR) is 82.6 cm³/mol. The molecule has 1 aromatic rings. The summed E-state index contributed by atoms with van der Waals surface area (Å²) in [7, 11) is -3.48. The maximum atomic E-state index is 12.5. The number of H-pyrrole nitrogens is 1. The number of aromatic nitrogens is 2. The molecule has 0 spiro atoms. The second-order valence-corrected chi connectivity index (χ2v) is 8.51. The van der Waals surface area contributed by atoms with Gasteiger partial charge in [0.2, 0.25) is 10.0 Å². The van der Waals surface area contributed by atoms with Crippen LogP contribution in [0.15, 0.2) is 4.90 Å². The molecule has 1 aliphatic carbocycles. The van der Waals surface area contributed by atoms with E-state index in [9.17, 15) is 8.42 Å². The molecule has 1 aliphatic rings. The van der Waals surface area contributed by atoms with E-state index in [2.05, 4.69) is 21.2 Å². The fourth-order valence-electron chi connectivity index (χ4n) is 2.88. The molecule has 0 saturated heterocycles. The topological polar surface area (TPSA) is 74.8 Å². The van der Waals surface area contributed by atoms with Gasteiger partial charge < -0.3 is 0 Å². The van der Waals surface area contributed by atoms with Crippen molar-refractivity contribution in [3.63, 3.8) is 0 Å². The van der Waals surface area contributed by atoms with Crippen molar-refractivity contribution in [2.24, 2.45) is 0 Å². The molecule has 114 valence electrons. The summed E-state index contributed by atoms with van der Waals surface area (Å²) in [6.45, 7) is 3.95. The molecule has 7 heteroatoms. The number of sulfonamides is 1. The van der Waals surface area contributed by atoms with Crippen molar-refractivity contribution < 1.29 is 8.42 Å². The second-order valence-electron chi connectivity index (χ2n) is 5.54. The Morgan fingerprint density at radius 2 is 1.95 bits per heavy atom. The van der Waals surface area contributed by atoms with E-state index in [0.717, 1.165) is 12.8 Å². The Labute approximate surface area is 125 Å². The van der Waals surface area contributed by atoms with Gasteiger partial charge in [0, 0.05) is 11.3 Å². The van der Waals surface area contributed by atoms with E-state index in [-0.39, 0.29) is 4.75 Å². The first-order valence-electron chi connectivity index (χ1n) is 6.97. The summed E-state index contributed by atoms with van der Waals surface area (Å²) in [5, 5.41) is 6.70. The van der Waals surface area contributed by atoms with Crippen LogP contribution in [0.4, 0.5) is 0 Å². The third kappa shape index (κ3) is 3.20. The molecule has 20 heavy (non-hydrogen) atoms. The fourth-order valence-corrected chi connectivity index (χ4v) is 5.38. The van der Waals surface area contributed by atoms with Gasteiger partial charge in [-0.25, -0.2) is 13.1 Å². The highest BCUT2D eigenvalue weighted by atomic mass is 32.2. The summed E-state index contributed by atoms with van der Waals surface area (Å²) in [6, 6.07) is 0. The number of nitrogens with zero attached hydrogens (tertiary/aromatic N) is 1. The Balaban J connectivity index is 2.13. The van der Waals surface area contributed by atoms with Crippen LogP contribution in [0.5, 0.6) is 0 Å². The minimum Gasteiger partial charge on any atom is -0.281 e. The second kappa shape index (κ2) is 6.07. The van der Waals surface area contributed by atoms with Crippen LogP contribution in [0, 0.1) is 13.8 Å². The number of nitrogens with one attached hydrogen (secondary N) is 2. The quantitative estimate of drug-likeness (QED) is 0.874. The number of aromatic amines is 1. The molecule has 0 aromatic carbocycles. The van der Waals surface area contributed by atoms with Crippen LogP contribution < -0.4 is 4.72 Å². The number of hydrogen-bond donors (Lipinski definition) is 2. The number of thioether (sulfide) groups is 1. The smallest absolute Gasteiger partial charge is 0.244 e. The van der Waals surface area contributed by atoms with Crippen molar-refractivity contribution in [1.82, 2.24) is 14.9 Å². The van der Waals surface area contributed by atoms with E-state index in [4.69, 9.17) is 0 Å². The molecule has 5 nitrogen and oxygen atoms in total. The van der Waals surface area contributed by atoms with Crippen molar-refractivity contribution >= 4 is 21.8 Å². The first-order valence-corrected chi connectivity index (χ1v) is 9.67. The van der Waals surface area contributed by atoms with Crippen molar-refractivity contribution in [2.75, 3.05) is 12.8 Å². The third-order valence-corrected chi connectivity index (χ3v) is 7.19. The fraction of sp³-hybridized carbons (Fsp3) is 0.769. The van der Waals surface area contributed by atoms with Gasteiger partial charge in [0.05, 0.1) is 11.4 Å².